The molecule has 0 spiro atoms. The minimum Gasteiger partial charge on any atom is -0.481 e. The molecule has 0 saturated carbocycles. The smallest absolute Gasteiger partial charge is 0.261 e. The SMILES string of the molecule is COc1ccc(C(=O)Nc2cccc([C@@H](C)Nc3ncnc4c(C(N)=O)cccc34)c2)c(OC)n1. The molecule has 0 aliphatic rings. The molecule has 2 heterocycles. The van der Waals surface area contributed by atoms with Gasteiger partial charge in [-0.15, -0.1) is 0 Å². The number of anilines is 2. The lowest BCUT2D eigenvalue weighted by Gasteiger charge is -2.18. The highest BCUT2D eigenvalue weighted by molar-refractivity contribution is 6.07. The Labute approximate surface area is 201 Å². The van der Waals surface area contributed by atoms with Gasteiger partial charge in [-0.2, -0.15) is 4.98 Å². The molecule has 2 aromatic heterocycles. The quantitative estimate of drug-likeness (QED) is 0.353. The molecule has 1 atom stereocenters. The number of carbonyl (C=O) groups excluding carboxylic acids is 2. The van der Waals surface area contributed by atoms with Crippen molar-refractivity contribution in [1.29, 1.82) is 0 Å². The van der Waals surface area contributed by atoms with E-state index in [0.29, 0.717) is 33.9 Å². The van der Waals surface area contributed by atoms with E-state index in [1.165, 1.54) is 20.5 Å². The number of primary amides is 1. The van der Waals surface area contributed by atoms with Crippen LogP contribution in [0.5, 0.6) is 11.8 Å². The highest BCUT2D eigenvalue weighted by Crippen LogP contribution is 2.27. The number of benzene rings is 2. The molecule has 10 nitrogen and oxygen atoms in total. The molecule has 0 fully saturated rings. The van der Waals surface area contributed by atoms with Gasteiger partial charge in [0.2, 0.25) is 11.8 Å². The van der Waals surface area contributed by atoms with Crippen LogP contribution in [0.3, 0.4) is 0 Å². The van der Waals surface area contributed by atoms with Gasteiger partial charge in [-0.3, -0.25) is 9.59 Å². The zero-order valence-electron chi connectivity index (χ0n) is 19.4. The van der Waals surface area contributed by atoms with Crippen LogP contribution in [-0.2, 0) is 0 Å². The van der Waals surface area contributed by atoms with Gasteiger partial charge in [0, 0.05) is 17.1 Å². The maximum absolute atomic E-state index is 12.9. The predicted molar refractivity (Wildman–Crippen MR) is 132 cm³/mol. The molecule has 0 aliphatic heterocycles. The number of rotatable bonds is 8. The predicted octanol–water partition coefficient (Wildman–Crippen LogP) is 3.57. The Balaban J connectivity index is 1.55. The van der Waals surface area contributed by atoms with Crippen molar-refractivity contribution in [3.8, 4) is 11.8 Å². The molecule has 0 bridgehead atoms. The number of nitrogens with zero attached hydrogens (tertiary/aromatic N) is 3. The number of hydrogen-bond donors (Lipinski definition) is 3. The Hall–Kier alpha value is -4.73. The van der Waals surface area contributed by atoms with E-state index in [0.717, 1.165) is 5.56 Å². The number of para-hydroxylation sites is 1. The Bertz CT molecular complexity index is 1410. The van der Waals surface area contributed by atoms with Gasteiger partial charge in [0.15, 0.2) is 0 Å². The second-order valence-corrected chi connectivity index (χ2v) is 7.64. The van der Waals surface area contributed by atoms with E-state index >= 15 is 0 Å². The van der Waals surface area contributed by atoms with E-state index in [1.54, 1.807) is 30.3 Å². The van der Waals surface area contributed by atoms with Gasteiger partial charge in [-0.25, -0.2) is 9.97 Å². The van der Waals surface area contributed by atoms with E-state index < -0.39 is 5.91 Å². The monoisotopic (exact) mass is 472 g/mol. The summed E-state index contributed by atoms with van der Waals surface area (Å²) in [5.41, 5.74) is 8.07. The van der Waals surface area contributed by atoms with Crippen LogP contribution in [0.2, 0.25) is 0 Å². The third kappa shape index (κ3) is 4.96. The Kier molecular flexibility index (Phi) is 6.72. The zero-order chi connectivity index (χ0) is 24.9. The number of nitrogens with one attached hydrogen (secondary N) is 2. The molecule has 0 saturated heterocycles. The highest BCUT2D eigenvalue weighted by atomic mass is 16.5. The van der Waals surface area contributed by atoms with Crippen LogP contribution < -0.4 is 25.8 Å². The molecule has 0 radical (unpaired) electrons. The van der Waals surface area contributed by atoms with Crippen LogP contribution in [0.15, 0.2) is 60.9 Å². The first-order valence-electron chi connectivity index (χ1n) is 10.7. The first-order valence-corrected chi connectivity index (χ1v) is 10.7. The number of ether oxygens (including phenoxy) is 2. The molecule has 0 unspecified atom stereocenters. The molecule has 4 N–H and O–H groups in total. The van der Waals surface area contributed by atoms with E-state index in [4.69, 9.17) is 15.2 Å². The van der Waals surface area contributed by atoms with Crippen LogP contribution in [0.25, 0.3) is 10.9 Å². The van der Waals surface area contributed by atoms with Gasteiger partial charge >= 0.3 is 0 Å². The summed E-state index contributed by atoms with van der Waals surface area (Å²) in [6.07, 6.45) is 1.39. The van der Waals surface area contributed by atoms with Crippen LogP contribution in [0.1, 0.15) is 39.2 Å². The number of methoxy groups -OCH3 is 2. The number of fused-ring (bicyclic) bond motifs is 1. The number of amides is 2. The van der Waals surface area contributed by atoms with Crippen LogP contribution in [0.4, 0.5) is 11.5 Å². The van der Waals surface area contributed by atoms with Crippen LogP contribution >= 0.6 is 0 Å². The molecule has 35 heavy (non-hydrogen) atoms. The molecular formula is C25H24N6O4. The van der Waals surface area contributed by atoms with Crippen molar-refractivity contribution in [3.05, 3.63) is 77.6 Å². The van der Waals surface area contributed by atoms with Gasteiger partial charge in [0.05, 0.1) is 31.3 Å². The van der Waals surface area contributed by atoms with Crippen molar-refractivity contribution in [1.82, 2.24) is 15.0 Å². The van der Waals surface area contributed by atoms with Gasteiger partial charge < -0.3 is 25.8 Å². The standard InChI is InChI=1S/C25H24N6O4/c1-14(29-23-18-9-5-8-17(22(26)32)21(18)27-13-28-23)15-6-4-7-16(12-15)30-24(33)19-10-11-20(34-2)31-25(19)35-3/h4-14H,1-3H3,(H2,26,32)(H,30,33)(H,27,28,29)/t14-/m1/s1. The van der Waals surface area contributed by atoms with E-state index in [1.807, 2.05) is 31.2 Å². The summed E-state index contributed by atoms with van der Waals surface area (Å²) in [5, 5.41) is 6.91. The van der Waals surface area contributed by atoms with Crippen molar-refractivity contribution in [2.75, 3.05) is 24.9 Å². The second-order valence-electron chi connectivity index (χ2n) is 7.64. The number of hydrogen-bond acceptors (Lipinski definition) is 8. The van der Waals surface area contributed by atoms with Crippen molar-refractivity contribution >= 4 is 34.2 Å². The van der Waals surface area contributed by atoms with Crippen molar-refractivity contribution in [2.24, 2.45) is 5.73 Å². The summed E-state index contributed by atoms with van der Waals surface area (Å²) in [6.45, 7) is 1.96. The van der Waals surface area contributed by atoms with Gasteiger partial charge in [0.1, 0.15) is 17.7 Å². The average molecular weight is 473 g/mol. The third-order valence-electron chi connectivity index (χ3n) is 5.41. The molecule has 4 rings (SSSR count). The van der Waals surface area contributed by atoms with E-state index in [2.05, 4.69) is 25.6 Å². The molecule has 178 valence electrons. The largest absolute Gasteiger partial charge is 0.481 e. The molecule has 4 aromatic rings. The summed E-state index contributed by atoms with van der Waals surface area (Å²) >= 11 is 0. The minimum atomic E-state index is -0.555. The normalized spacial score (nSPS) is 11.5. The van der Waals surface area contributed by atoms with Crippen LogP contribution in [-0.4, -0.2) is 41.0 Å². The fourth-order valence-corrected chi connectivity index (χ4v) is 3.64. The maximum Gasteiger partial charge on any atom is 0.261 e. The fourth-order valence-electron chi connectivity index (χ4n) is 3.64. The number of nitrogens with two attached hydrogens (primary N) is 1. The number of carbonyl (C=O) groups is 2. The number of pyridine rings is 1. The maximum atomic E-state index is 12.9. The summed E-state index contributed by atoms with van der Waals surface area (Å²) in [5.74, 6) is 0.157. The first kappa shape index (κ1) is 23.4. The van der Waals surface area contributed by atoms with Crippen molar-refractivity contribution < 1.29 is 19.1 Å². The molecule has 2 amide bonds. The fraction of sp³-hybridized carbons (Fsp3) is 0.160. The molecule has 10 heteroatoms. The van der Waals surface area contributed by atoms with Gasteiger partial charge in [0.25, 0.3) is 11.8 Å². The summed E-state index contributed by atoms with van der Waals surface area (Å²) < 4.78 is 10.3. The summed E-state index contributed by atoms with van der Waals surface area (Å²) in [7, 11) is 2.93. The highest BCUT2D eigenvalue weighted by Gasteiger charge is 2.17. The van der Waals surface area contributed by atoms with Gasteiger partial charge in [-0.1, -0.05) is 18.2 Å². The Morgan fingerprint density at radius 3 is 2.51 bits per heavy atom. The molecule has 2 aromatic carbocycles. The van der Waals surface area contributed by atoms with Crippen LogP contribution in [0, 0.1) is 0 Å². The van der Waals surface area contributed by atoms with Gasteiger partial charge in [-0.05, 0) is 42.8 Å². The Morgan fingerprint density at radius 1 is 0.971 bits per heavy atom. The van der Waals surface area contributed by atoms with Crippen molar-refractivity contribution in [2.45, 2.75) is 13.0 Å². The van der Waals surface area contributed by atoms with E-state index in [9.17, 15) is 9.59 Å². The molecular weight excluding hydrogens is 448 g/mol. The third-order valence-corrected chi connectivity index (χ3v) is 5.41. The lowest BCUT2D eigenvalue weighted by molar-refractivity contribution is 0.0998. The average Bonchev–Trinajstić information content (AvgIpc) is 2.88. The second kappa shape index (κ2) is 10.0. The topological polar surface area (TPSA) is 141 Å². The summed E-state index contributed by atoms with van der Waals surface area (Å²) in [6, 6.07) is 15.6. The van der Waals surface area contributed by atoms with E-state index in [-0.39, 0.29) is 23.4 Å². The minimum absolute atomic E-state index is 0.166. The Morgan fingerprint density at radius 2 is 1.77 bits per heavy atom. The lowest BCUT2D eigenvalue weighted by atomic mass is 10.1. The lowest BCUT2D eigenvalue weighted by Crippen LogP contribution is -2.15. The first-order chi connectivity index (χ1) is 16.9. The summed E-state index contributed by atoms with van der Waals surface area (Å²) in [4.78, 5) is 37.3. The number of aromatic nitrogens is 3. The van der Waals surface area contributed by atoms with Crippen molar-refractivity contribution in [3.63, 3.8) is 0 Å². The molecule has 0 aliphatic carbocycles. The zero-order valence-corrected chi connectivity index (χ0v) is 19.4.